The molecule has 0 spiro atoms. The molecule has 1 aliphatic rings. The van der Waals surface area contributed by atoms with E-state index >= 15 is 0 Å². The first-order valence-corrected chi connectivity index (χ1v) is 17.9. The second-order valence-corrected chi connectivity index (χ2v) is 33.9. The largest absolute Gasteiger partial charge is 0.420 e. The van der Waals surface area contributed by atoms with Crippen LogP contribution in [0.3, 0.4) is 0 Å². The first kappa shape index (κ1) is 15.6. The highest BCUT2D eigenvalue weighted by molar-refractivity contribution is 7.67. The van der Waals surface area contributed by atoms with Gasteiger partial charge in [-0.05, 0) is 31.6 Å². The van der Waals surface area contributed by atoms with Gasteiger partial charge in [0.1, 0.15) is 0 Å². The van der Waals surface area contributed by atoms with E-state index in [0.717, 1.165) is 13.2 Å². The van der Waals surface area contributed by atoms with Crippen LogP contribution in [0.25, 0.3) is 0 Å². The lowest BCUT2D eigenvalue weighted by atomic mass is 10.2. The van der Waals surface area contributed by atoms with Crippen LogP contribution in [0.2, 0.25) is 44.8 Å². The Morgan fingerprint density at radius 3 is 2.24 bits per heavy atom. The normalized spacial score (nSPS) is 31.4. The summed E-state index contributed by atoms with van der Waals surface area (Å²) >= 11 is 0. The van der Waals surface area contributed by atoms with E-state index in [-0.39, 0.29) is 0 Å². The molecule has 102 valence electrons. The zero-order valence-corrected chi connectivity index (χ0v) is 15.4. The van der Waals surface area contributed by atoms with Gasteiger partial charge in [-0.25, -0.2) is 0 Å². The molecule has 1 aliphatic heterocycles. The Bertz CT molecular complexity index is 258. The van der Waals surface area contributed by atoms with E-state index in [1.54, 1.807) is 0 Å². The first-order valence-electron chi connectivity index (χ1n) is 7.11. The van der Waals surface area contributed by atoms with Crippen molar-refractivity contribution in [1.82, 2.24) is 0 Å². The third-order valence-electron chi connectivity index (χ3n) is 5.52. The topological polar surface area (TPSA) is 35.2 Å². The molecule has 2 N–H and O–H groups in total. The molecule has 1 fully saturated rings. The summed E-state index contributed by atoms with van der Waals surface area (Å²) in [5, 5.41) is 0. The minimum Gasteiger partial charge on any atom is -0.420 e. The highest BCUT2D eigenvalue weighted by Crippen LogP contribution is 2.39. The van der Waals surface area contributed by atoms with Gasteiger partial charge in [-0.2, -0.15) is 0 Å². The van der Waals surface area contributed by atoms with Gasteiger partial charge >= 0.3 is 0 Å². The van der Waals surface area contributed by atoms with Crippen LogP contribution in [-0.2, 0) is 4.43 Å². The number of nitrogens with two attached hydrogens (primary N) is 1. The van der Waals surface area contributed by atoms with Crippen molar-refractivity contribution in [3.8, 4) is 0 Å². The number of hydrogen-bond donors (Lipinski definition) is 1. The zero-order valence-electron chi connectivity index (χ0n) is 12.4. The number of rotatable bonds is 5. The smallest absolute Gasteiger partial charge is 0.174 e. The molecule has 2 nitrogen and oxygen atoms in total. The lowest BCUT2D eigenvalue weighted by Crippen LogP contribution is -2.75. The molecule has 1 heterocycles. The van der Waals surface area contributed by atoms with E-state index in [1.165, 1.54) is 31.4 Å². The Morgan fingerprint density at radius 2 is 1.65 bits per heavy atom. The molecule has 0 aliphatic carbocycles. The fourth-order valence-electron chi connectivity index (χ4n) is 2.91. The molecule has 17 heavy (non-hydrogen) atoms. The molecule has 0 amide bonds. The molecule has 0 aromatic rings. The van der Waals surface area contributed by atoms with Gasteiger partial charge in [-0.3, -0.25) is 0 Å². The number of unbranched alkanes of at least 4 members (excludes halogenated alkanes) is 2. The molecular weight excluding hydrogens is 258 g/mol. The van der Waals surface area contributed by atoms with Crippen LogP contribution >= 0.6 is 0 Å². The summed E-state index contributed by atoms with van der Waals surface area (Å²) in [6.07, 6.45) is 3.84. The Balaban J connectivity index is 2.65. The van der Waals surface area contributed by atoms with Crippen LogP contribution in [-0.4, -0.2) is 35.7 Å². The van der Waals surface area contributed by atoms with Crippen LogP contribution in [0, 0.1) is 0 Å². The van der Waals surface area contributed by atoms with Crippen molar-refractivity contribution in [2.45, 2.75) is 64.1 Å². The van der Waals surface area contributed by atoms with Crippen molar-refractivity contribution in [3.63, 3.8) is 0 Å². The lowest BCUT2D eigenvalue weighted by Gasteiger charge is -2.53. The molecule has 0 bridgehead atoms. The van der Waals surface area contributed by atoms with Gasteiger partial charge in [0.2, 0.25) is 0 Å². The van der Waals surface area contributed by atoms with Crippen molar-refractivity contribution in [2.24, 2.45) is 5.73 Å². The summed E-state index contributed by atoms with van der Waals surface area (Å²) < 4.78 is 6.40. The van der Waals surface area contributed by atoms with Crippen LogP contribution in [0.4, 0.5) is 0 Å². The third-order valence-corrected chi connectivity index (χ3v) is 46.0. The van der Waals surface area contributed by atoms with E-state index in [2.05, 4.69) is 32.7 Å². The number of hydrogen-bond acceptors (Lipinski definition) is 2. The van der Waals surface area contributed by atoms with Gasteiger partial charge in [0.15, 0.2) is 7.83 Å². The minimum absolute atomic E-state index is 0.847. The van der Waals surface area contributed by atoms with Crippen molar-refractivity contribution in [2.75, 3.05) is 13.2 Å². The maximum absolute atomic E-state index is 6.40. The van der Waals surface area contributed by atoms with E-state index < -0.39 is 22.5 Å². The average molecular weight is 290 g/mol. The van der Waals surface area contributed by atoms with Crippen LogP contribution in [0.1, 0.15) is 19.3 Å². The Labute approximate surface area is 110 Å². The van der Waals surface area contributed by atoms with Crippen molar-refractivity contribution in [1.29, 1.82) is 0 Å². The molecule has 0 saturated carbocycles. The Hall–Kier alpha value is 0.571. The van der Waals surface area contributed by atoms with Crippen LogP contribution < -0.4 is 5.73 Å². The van der Waals surface area contributed by atoms with Gasteiger partial charge in [0, 0.05) is 14.2 Å². The van der Waals surface area contributed by atoms with Gasteiger partial charge < -0.3 is 10.2 Å². The van der Waals surface area contributed by atoms with Gasteiger partial charge in [0.25, 0.3) is 0 Å². The predicted octanol–water partition coefficient (Wildman–Crippen LogP) is 3.29. The first-order chi connectivity index (χ1) is 7.77. The highest BCUT2D eigenvalue weighted by Gasteiger charge is 2.57. The average Bonchev–Trinajstić information content (AvgIpc) is 2.22. The lowest BCUT2D eigenvalue weighted by molar-refractivity contribution is 0.330. The van der Waals surface area contributed by atoms with Gasteiger partial charge in [-0.1, -0.05) is 39.0 Å². The SMILES string of the molecule is C[Si]1(C)CCO[Si](C)(CCCCCN)[Si]1(C)C. The Morgan fingerprint density at radius 1 is 1.00 bits per heavy atom. The standard InChI is InChI=1S/C12H31NOSi3/c1-15(2)12-10-14-17(5,16(15,3)4)11-8-6-7-9-13/h6-13H2,1-5H3. The molecule has 1 saturated heterocycles. The predicted molar refractivity (Wildman–Crippen MR) is 85.1 cm³/mol. The molecule has 1 unspecified atom stereocenters. The van der Waals surface area contributed by atoms with Crippen molar-refractivity contribution >= 4 is 22.5 Å². The highest BCUT2D eigenvalue weighted by atomic mass is 29.6. The quantitative estimate of drug-likeness (QED) is 0.622. The zero-order chi connectivity index (χ0) is 13.2. The van der Waals surface area contributed by atoms with E-state index in [4.69, 9.17) is 10.2 Å². The molecular formula is C12H31NOSi3. The third kappa shape index (κ3) is 3.12. The summed E-state index contributed by atoms with van der Waals surface area (Å²) in [6, 6.07) is 2.79. The van der Waals surface area contributed by atoms with Crippen LogP contribution in [0.5, 0.6) is 0 Å². The van der Waals surface area contributed by atoms with Crippen molar-refractivity contribution in [3.05, 3.63) is 0 Å². The van der Waals surface area contributed by atoms with E-state index in [9.17, 15) is 0 Å². The summed E-state index contributed by atoms with van der Waals surface area (Å²) in [7, 11) is -3.47. The maximum Gasteiger partial charge on any atom is 0.174 e. The maximum atomic E-state index is 6.40. The second-order valence-electron chi connectivity index (χ2n) is 6.94. The summed E-state index contributed by atoms with van der Waals surface area (Å²) in [5.41, 5.74) is 5.57. The fraction of sp³-hybridized carbons (Fsp3) is 1.00. The fourth-order valence-corrected chi connectivity index (χ4v) is 34.4. The van der Waals surface area contributed by atoms with Crippen LogP contribution in [0.15, 0.2) is 0 Å². The van der Waals surface area contributed by atoms with E-state index in [1.807, 2.05) is 0 Å². The molecule has 5 heteroatoms. The Kier molecular flexibility index (Phi) is 5.23. The molecule has 1 rings (SSSR count). The molecule has 0 aromatic carbocycles. The molecule has 0 radical (unpaired) electrons. The van der Waals surface area contributed by atoms with Crippen molar-refractivity contribution < 1.29 is 4.43 Å². The van der Waals surface area contributed by atoms with Gasteiger partial charge in [-0.15, -0.1) is 0 Å². The monoisotopic (exact) mass is 289 g/mol. The second kappa shape index (κ2) is 5.69. The molecule has 0 aromatic heterocycles. The molecule has 1 atom stereocenters. The summed E-state index contributed by atoms with van der Waals surface area (Å²) in [6.45, 7) is 15.0. The summed E-state index contributed by atoms with van der Waals surface area (Å²) in [5.74, 6) is 0. The van der Waals surface area contributed by atoms with E-state index in [0.29, 0.717) is 0 Å². The minimum atomic E-state index is -1.39. The summed E-state index contributed by atoms with van der Waals surface area (Å²) in [4.78, 5) is 0. The van der Waals surface area contributed by atoms with Gasteiger partial charge in [0.05, 0.1) is 7.11 Å².